The summed E-state index contributed by atoms with van der Waals surface area (Å²) >= 11 is 0. The molecule has 1 fully saturated rings. The molecule has 3 rings (SSSR count). The molecule has 0 amide bonds. The summed E-state index contributed by atoms with van der Waals surface area (Å²) in [6.07, 6.45) is 5.30. The molecule has 0 saturated heterocycles. The average Bonchev–Trinajstić information content (AvgIpc) is 3.03. The fraction of sp³-hybridized carbons (Fsp3) is 0.471. The standard InChI is InChI=1S/C17H19N3O5/c1-2-25-17(22)11-3-5-14(6-4-11)19-9-12-8-16(20(23)24)13(10-21)7-15(12)18-19/h7-11,14H,2-6H2,1H3/t11-,14-. The molecule has 0 bridgehead atoms. The van der Waals surface area contributed by atoms with Crippen molar-refractivity contribution >= 4 is 28.8 Å². The molecule has 1 aliphatic carbocycles. The van der Waals surface area contributed by atoms with E-state index in [-0.39, 0.29) is 29.2 Å². The van der Waals surface area contributed by atoms with Crippen LogP contribution in [0.15, 0.2) is 18.3 Å². The number of benzene rings is 1. The molecule has 0 spiro atoms. The second-order valence-electron chi connectivity index (χ2n) is 6.21. The lowest BCUT2D eigenvalue weighted by Crippen LogP contribution is -2.25. The van der Waals surface area contributed by atoms with Gasteiger partial charge < -0.3 is 4.74 Å². The van der Waals surface area contributed by atoms with Crippen molar-refractivity contribution in [1.29, 1.82) is 0 Å². The van der Waals surface area contributed by atoms with Crippen LogP contribution in [0.25, 0.3) is 10.9 Å². The Hall–Kier alpha value is -2.77. The summed E-state index contributed by atoms with van der Waals surface area (Å²) in [6, 6.07) is 2.96. The van der Waals surface area contributed by atoms with E-state index in [1.54, 1.807) is 17.8 Å². The Bertz CT molecular complexity index is 821. The highest BCUT2D eigenvalue weighted by Gasteiger charge is 2.28. The maximum Gasteiger partial charge on any atom is 0.308 e. The second-order valence-corrected chi connectivity index (χ2v) is 6.21. The van der Waals surface area contributed by atoms with Crippen LogP contribution in [-0.2, 0) is 9.53 Å². The van der Waals surface area contributed by atoms with Gasteiger partial charge in [-0.3, -0.25) is 24.4 Å². The van der Waals surface area contributed by atoms with E-state index in [1.807, 2.05) is 0 Å². The first kappa shape index (κ1) is 17.1. The molecule has 1 heterocycles. The molecule has 0 N–H and O–H groups in total. The molecule has 132 valence electrons. The Labute approximate surface area is 143 Å². The van der Waals surface area contributed by atoms with E-state index in [4.69, 9.17) is 4.74 Å². The van der Waals surface area contributed by atoms with Gasteiger partial charge in [-0.2, -0.15) is 5.10 Å². The molecular formula is C17H19N3O5. The van der Waals surface area contributed by atoms with E-state index in [0.29, 0.717) is 23.8 Å². The second kappa shape index (κ2) is 7.00. The number of nitro groups is 1. The van der Waals surface area contributed by atoms with Crippen LogP contribution in [0.3, 0.4) is 0 Å². The molecule has 2 aromatic rings. The largest absolute Gasteiger partial charge is 0.466 e. The number of rotatable bonds is 5. The summed E-state index contributed by atoms with van der Waals surface area (Å²) < 4.78 is 6.87. The van der Waals surface area contributed by atoms with Gasteiger partial charge in [0, 0.05) is 17.6 Å². The summed E-state index contributed by atoms with van der Waals surface area (Å²) in [4.78, 5) is 33.4. The quantitative estimate of drug-likeness (QED) is 0.357. The fourth-order valence-corrected chi connectivity index (χ4v) is 3.37. The lowest BCUT2D eigenvalue weighted by atomic mass is 9.86. The Morgan fingerprint density at radius 2 is 2.12 bits per heavy atom. The van der Waals surface area contributed by atoms with Gasteiger partial charge in [-0.15, -0.1) is 0 Å². The maximum atomic E-state index is 11.8. The fourth-order valence-electron chi connectivity index (χ4n) is 3.37. The van der Waals surface area contributed by atoms with Crippen molar-refractivity contribution < 1.29 is 19.2 Å². The van der Waals surface area contributed by atoms with E-state index >= 15 is 0 Å². The molecule has 1 aromatic heterocycles. The number of esters is 1. The van der Waals surface area contributed by atoms with Gasteiger partial charge in [0.05, 0.1) is 34.6 Å². The number of nitrogens with zero attached hydrogens (tertiary/aromatic N) is 3. The third-order valence-electron chi connectivity index (χ3n) is 4.68. The van der Waals surface area contributed by atoms with Crippen LogP contribution < -0.4 is 0 Å². The van der Waals surface area contributed by atoms with Crippen molar-refractivity contribution in [3.8, 4) is 0 Å². The van der Waals surface area contributed by atoms with Gasteiger partial charge in [-0.05, 0) is 38.7 Å². The van der Waals surface area contributed by atoms with Crippen molar-refractivity contribution in [1.82, 2.24) is 9.78 Å². The Morgan fingerprint density at radius 1 is 1.40 bits per heavy atom. The van der Waals surface area contributed by atoms with Crippen LogP contribution in [0.1, 0.15) is 49.0 Å². The van der Waals surface area contributed by atoms with E-state index in [0.717, 1.165) is 25.7 Å². The molecule has 1 saturated carbocycles. The van der Waals surface area contributed by atoms with Crippen molar-refractivity contribution in [2.75, 3.05) is 6.61 Å². The van der Waals surface area contributed by atoms with Gasteiger partial charge >= 0.3 is 5.97 Å². The Balaban J connectivity index is 1.80. The molecule has 0 radical (unpaired) electrons. The van der Waals surface area contributed by atoms with Gasteiger partial charge in [0.2, 0.25) is 0 Å². The number of hydrogen-bond acceptors (Lipinski definition) is 6. The normalized spacial score (nSPS) is 20.4. The van der Waals surface area contributed by atoms with E-state index in [9.17, 15) is 19.7 Å². The van der Waals surface area contributed by atoms with E-state index < -0.39 is 4.92 Å². The Morgan fingerprint density at radius 3 is 2.72 bits per heavy atom. The predicted molar refractivity (Wildman–Crippen MR) is 89.4 cm³/mol. The summed E-state index contributed by atoms with van der Waals surface area (Å²) in [5.74, 6) is -0.207. The minimum atomic E-state index is -0.564. The first-order valence-corrected chi connectivity index (χ1v) is 8.32. The zero-order valence-electron chi connectivity index (χ0n) is 13.9. The molecule has 0 unspecified atom stereocenters. The summed E-state index contributed by atoms with van der Waals surface area (Å²) in [6.45, 7) is 2.19. The molecule has 8 nitrogen and oxygen atoms in total. The van der Waals surface area contributed by atoms with Crippen LogP contribution in [-0.4, -0.2) is 33.6 Å². The summed E-state index contributed by atoms with van der Waals surface area (Å²) in [7, 11) is 0. The number of fused-ring (bicyclic) bond motifs is 1. The zero-order chi connectivity index (χ0) is 18.0. The van der Waals surface area contributed by atoms with Gasteiger partial charge in [-0.25, -0.2) is 0 Å². The molecule has 1 aromatic carbocycles. The number of carbonyl (C=O) groups is 2. The highest BCUT2D eigenvalue weighted by Crippen LogP contribution is 2.34. The minimum absolute atomic E-state index is 0.0220. The molecular weight excluding hydrogens is 326 g/mol. The number of hydrogen-bond donors (Lipinski definition) is 0. The third kappa shape index (κ3) is 3.38. The lowest BCUT2D eigenvalue weighted by Gasteiger charge is -2.27. The minimum Gasteiger partial charge on any atom is -0.466 e. The van der Waals surface area contributed by atoms with Crippen LogP contribution >= 0.6 is 0 Å². The van der Waals surface area contributed by atoms with Gasteiger partial charge in [0.1, 0.15) is 0 Å². The van der Waals surface area contributed by atoms with E-state index in [2.05, 4.69) is 5.10 Å². The molecule has 1 aliphatic rings. The highest BCUT2D eigenvalue weighted by atomic mass is 16.6. The monoisotopic (exact) mass is 345 g/mol. The maximum absolute atomic E-state index is 11.8. The number of aldehydes is 1. The highest BCUT2D eigenvalue weighted by molar-refractivity contribution is 5.91. The molecule has 25 heavy (non-hydrogen) atoms. The van der Waals surface area contributed by atoms with Crippen molar-refractivity contribution in [2.24, 2.45) is 5.92 Å². The van der Waals surface area contributed by atoms with Crippen molar-refractivity contribution in [2.45, 2.75) is 38.6 Å². The topological polar surface area (TPSA) is 104 Å². The number of nitro benzene ring substituents is 1. The lowest BCUT2D eigenvalue weighted by molar-refractivity contribution is -0.384. The van der Waals surface area contributed by atoms with Crippen LogP contribution in [0.4, 0.5) is 5.69 Å². The molecule has 0 aliphatic heterocycles. The number of ether oxygens (including phenoxy) is 1. The van der Waals surface area contributed by atoms with Gasteiger partial charge in [0.25, 0.3) is 5.69 Å². The SMILES string of the molecule is CCOC(=O)[C@H]1CC[C@H](n2cc3cc([N+](=O)[O-])c(C=O)cc3n2)CC1. The average molecular weight is 345 g/mol. The van der Waals surface area contributed by atoms with Gasteiger partial charge in [0.15, 0.2) is 6.29 Å². The molecule has 8 heteroatoms. The number of carbonyl (C=O) groups excluding carboxylic acids is 2. The van der Waals surface area contributed by atoms with Crippen LogP contribution in [0.2, 0.25) is 0 Å². The summed E-state index contributed by atoms with van der Waals surface area (Å²) in [5.41, 5.74) is 0.363. The van der Waals surface area contributed by atoms with Crippen molar-refractivity contribution in [3.63, 3.8) is 0 Å². The van der Waals surface area contributed by atoms with Gasteiger partial charge in [-0.1, -0.05) is 0 Å². The van der Waals surface area contributed by atoms with Crippen LogP contribution in [0, 0.1) is 16.0 Å². The predicted octanol–water partition coefficient (Wildman–Crippen LogP) is 3.05. The zero-order valence-corrected chi connectivity index (χ0v) is 13.9. The van der Waals surface area contributed by atoms with E-state index in [1.165, 1.54) is 12.1 Å². The van der Waals surface area contributed by atoms with Crippen molar-refractivity contribution in [3.05, 3.63) is 34.0 Å². The Kier molecular flexibility index (Phi) is 4.78. The molecule has 0 atom stereocenters. The first-order valence-electron chi connectivity index (χ1n) is 8.32. The van der Waals surface area contributed by atoms with Crippen LogP contribution in [0.5, 0.6) is 0 Å². The third-order valence-corrected chi connectivity index (χ3v) is 4.68. The summed E-state index contributed by atoms with van der Waals surface area (Å²) in [5, 5.41) is 16.2. The smallest absolute Gasteiger partial charge is 0.308 e. The number of aromatic nitrogens is 2. The first-order chi connectivity index (χ1) is 12.0.